The Kier molecular flexibility index (Phi) is 4.30. The van der Waals surface area contributed by atoms with E-state index in [9.17, 15) is 0 Å². The van der Waals surface area contributed by atoms with Gasteiger partial charge in [0.25, 0.3) is 0 Å². The lowest BCUT2D eigenvalue weighted by Gasteiger charge is -2.11. The van der Waals surface area contributed by atoms with Gasteiger partial charge in [0.15, 0.2) is 0 Å². The van der Waals surface area contributed by atoms with E-state index in [4.69, 9.17) is 10.5 Å². The summed E-state index contributed by atoms with van der Waals surface area (Å²) in [6.07, 6.45) is 0. The Morgan fingerprint density at radius 1 is 1.11 bits per heavy atom. The molecule has 0 bridgehead atoms. The minimum Gasteiger partial charge on any atom is -0.488 e. The molecule has 2 nitrogen and oxygen atoms in total. The second-order valence-corrected chi connectivity index (χ2v) is 5.73. The molecule has 0 aromatic heterocycles. The normalized spacial score (nSPS) is 10.4. The lowest BCUT2D eigenvalue weighted by Crippen LogP contribution is -1.98. The summed E-state index contributed by atoms with van der Waals surface area (Å²) in [5.74, 6) is 0.803. The Hall–Kier alpha value is -1.00. The first-order chi connectivity index (χ1) is 8.58. The first kappa shape index (κ1) is 13.4. The third-order valence-electron chi connectivity index (χ3n) is 2.66. The molecule has 2 aromatic carbocycles. The molecule has 0 aliphatic carbocycles. The molecule has 2 N–H and O–H groups in total. The Balaban J connectivity index is 2.16. The number of hydrogen-bond acceptors (Lipinski definition) is 2. The van der Waals surface area contributed by atoms with E-state index in [1.807, 2.05) is 43.3 Å². The van der Waals surface area contributed by atoms with E-state index in [1.165, 1.54) is 0 Å². The second kappa shape index (κ2) is 5.76. The summed E-state index contributed by atoms with van der Waals surface area (Å²) in [6, 6.07) is 11.8. The van der Waals surface area contributed by atoms with Crippen LogP contribution in [-0.2, 0) is 6.61 Å². The van der Waals surface area contributed by atoms with Crippen LogP contribution in [0.5, 0.6) is 5.75 Å². The van der Waals surface area contributed by atoms with Gasteiger partial charge in [0.2, 0.25) is 0 Å². The van der Waals surface area contributed by atoms with Crippen molar-refractivity contribution in [2.24, 2.45) is 0 Å². The highest BCUT2D eigenvalue weighted by Crippen LogP contribution is 2.30. The molecule has 2 aromatic rings. The van der Waals surface area contributed by atoms with E-state index >= 15 is 0 Å². The van der Waals surface area contributed by atoms with Crippen LogP contribution < -0.4 is 10.5 Å². The fourth-order valence-corrected chi connectivity index (χ4v) is 2.43. The zero-order valence-electron chi connectivity index (χ0n) is 9.91. The molecule has 0 saturated heterocycles. The maximum absolute atomic E-state index is 5.83. The zero-order valence-corrected chi connectivity index (χ0v) is 13.1. The number of hydrogen-bond donors (Lipinski definition) is 1. The molecule has 4 heteroatoms. The number of aryl methyl sites for hydroxylation is 1. The zero-order chi connectivity index (χ0) is 13.1. The van der Waals surface area contributed by atoms with Crippen molar-refractivity contribution >= 4 is 37.5 Å². The van der Waals surface area contributed by atoms with Gasteiger partial charge in [0, 0.05) is 15.7 Å². The van der Waals surface area contributed by atoms with E-state index in [1.54, 1.807) is 0 Å². The van der Waals surface area contributed by atoms with E-state index in [0.29, 0.717) is 6.61 Å². The molecular weight excluding hydrogens is 358 g/mol. The number of halogens is 2. The van der Waals surface area contributed by atoms with Gasteiger partial charge in [-0.2, -0.15) is 0 Å². The number of nitrogen functional groups attached to an aromatic ring is 1. The van der Waals surface area contributed by atoms with Crippen LogP contribution >= 0.6 is 31.9 Å². The van der Waals surface area contributed by atoms with Crippen molar-refractivity contribution in [1.29, 1.82) is 0 Å². The lowest BCUT2D eigenvalue weighted by molar-refractivity contribution is 0.303. The molecule has 0 spiro atoms. The summed E-state index contributed by atoms with van der Waals surface area (Å²) in [4.78, 5) is 0. The molecule has 0 aliphatic rings. The van der Waals surface area contributed by atoms with Crippen LogP contribution in [0.2, 0.25) is 0 Å². The average molecular weight is 371 g/mol. The first-order valence-corrected chi connectivity index (χ1v) is 7.08. The second-order valence-electron chi connectivity index (χ2n) is 4.02. The number of benzene rings is 2. The maximum atomic E-state index is 5.83. The molecule has 0 aliphatic heterocycles. The van der Waals surface area contributed by atoms with Crippen LogP contribution in [0.1, 0.15) is 11.1 Å². The Morgan fingerprint density at radius 3 is 2.56 bits per heavy atom. The molecule has 18 heavy (non-hydrogen) atoms. The quantitative estimate of drug-likeness (QED) is 0.796. The Labute approximate surface area is 123 Å². The molecule has 0 amide bonds. The molecule has 0 heterocycles. The molecule has 94 valence electrons. The van der Waals surface area contributed by atoms with Gasteiger partial charge in [0.1, 0.15) is 12.4 Å². The van der Waals surface area contributed by atoms with Crippen LogP contribution in [0.3, 0.4) is 0 Å². The van der Waals surface area contributed by atoms with Crippen molar-refractivity contribution in [1.82, 2.24) is 0 Å². The molecule has 0 atom stereocenters. The largest absolute Gasteiger partial charge is 0.488 e. The van der Waals surface area contributed by atoms with Crippen molar-refractivity contribution in [3.05, 3.63) is 56.5 Å². The topological polar surface area (TPSA) is 35.2 Å². The third-order valence-corrected chi connectivity index (χ3v) is 4.05. The van der Waals surface area contributed by atoms with E-state index < -0.39 is 0 Å². The highest BCUT2D eigenvalue weighted by atomic mass is 79.9. The van der Waals surface area contributed by atoms with Gasteiger partial charge in [-0.25, -0.2) is 0 Å². The number of nitrogens with two attached hydrogens (primary N) is 1. The monoisotopic (exact) mass is 369 g/mol. The molecule has 0 unspecified atom stereocenters. The predicted octanol–water partition coefficient (Wildman–Crippen LogP) is 4.68. The molecule has 0 saturated carbocycles. The number of anilines is 1. The third kappa shape index (κ3) is 3.06. The minimum absolute atomic E-state index is 0.517. The van der Waals surface area contributed by atoms with Gasteiger partial charge >= 0.3 is 0 Å². The van der Waals surface area contributed by atoms with Crippen LogP contribution in [0.15, 0.2) is 45.3 Å². The number of rotatable bonds is 3. The van der Waals surface area contributed by atoms with Gasteiger partial charge in [-0.05, 0) is 46.6 Å². The van der Waals surface area contributed by atoms with E-state index in [2.05, 4.69) is 31.9 Å². The van der Waals surface area contributed by atoms with E-state index in [-0.39, 0.29) is 0 Å². The first-order valence-electron chi connectivity index (χ1n) is 5.50. The summed E-state index contributed by atoms with van der Waals surface area (Å²) >= 11 is 6.96. The van der Waals surface area contributed by atoms with Gasteiger partial charge < -0.3 is 10.5 Å². The molecule has 2 rings (SSSR count). The average Bonchev–Trinajstić information content (AvgIpc) is 2.34. The Bertz CT molecular complexity index is 570. The molecule has 0 fully saturated rings. The van der Waals surface area contributed by atoms with Gasteiger partial charge in [-0.15, -0.1) is 0 Å². The van der Waals surface area contributed by atoms with Gasteiger partial charge in [-0.1, -0.05) is 34.1 Å². The highest BCUT2D eigenvalue weighted by molar-refractivity contribution is 9.10. The summed E-state index contributed by atoms with van der Waals surface area (Å²) in [5.41, 5.74) is 8.71. The smallest absolute Gasteiger partial charge is 0.134 e. The summed E-state index contributed by atoms with van der Waals surface area (Å²) in [6.45, 7) is 2.48. The van der Waals surface area contributed by atoms with Crippen molar-refractivity contribution < 1.29 is 4.74 Å². The van der Waals surface area contributed by atoms with Crippen molar-refractivity contribution in [3.8, 4) is 5.75 Å². The van der Waals surface area contributed by atoms with Crippen LogP contribution in [0.25, 0.3) is 0 Å². The maximum Gasteiger partial charge on any atom is 0.134 e. The Morgan fingerprint density at radius 2 is 1.83 bits per heavy atom. The van der Waals surface area contributed by atoms with Gasteiger partial charge in [-0.3, -0.25) is 0 Å². The molecule has 0 radical (unpaired) electrons. The van der Waals surface area contributed by atoms with Crippen LogP contribution in [0.4, 0.5) is 5.69 Å². The van der Waals surface area contributed by atoms with Crippen LogP contribution in [-0.4, -0.2) is 0 Å². The lowest BCUT2D eigenvalue weighted by atomic mass is 10.2. The van der Waals surface area contributed by atoms with Crippen LogP contribution in [0, 0.1) is 6.92 Å². The van der Waals surface area contributed by atoms with Crippen molar-refractivity contribution in [3.63, 3.8) is 0 Å². The minimum atomic E-state index is 0.517. The summed E-state index contributed by atoms with van der Waals surface area (Å²) < 4.78 is 7.73. The highest BCUT2D eigenvalue weighted by Gasteiger charge is 2.06. The fraction of sp³-hybridized carbons (Fsp3) is 0.143. The molecular formula is C14H13Br2NO. The van der Waals surface area contributed by atoms with Crippen molar-refractivity contribution in [2.45, 2.75) is 13.5 Å². The summed E-state index contributed by atoms with van der Waals surface area (Å²) in [7, 11) is 0. The number of ether oxygens (including phenoxy) is 1. The fourth-order valence-electron chi connectivity index (χ4n) is 1.55. The standard InChI is InChI=1S/C14H13Br2NO/c1-9-6-14(12(16)7-13(9)17)18-8-10-4-2-3-5-11(10)15/h2-7H,8,17H2,1H3. The summed E-state index contributed by atoms with van der Waals surface area (Å²) in [5, 5.41) is 0. The van der Waals surface area contributed by atoms with Gasteiger partial charge in [0.05, 0.1) is 4.47 Å². The van der Waals surface area contributed by atoms with Crippen molar-refractivity contribution in [2.75, 3.05) is 5.73 Å². The van der Waals surface area contributed by atoms with E-state index in [0.717, 1.165) is 31.5 Å². The predicted molar refractivity (Wildman–Crippen MR) is 81.8 cm³/mol. The SMILES string of the molecule is Cc1cc(OCc2ccccc2Br)c(Br)cc1N.